The topological polar surface area (TPSA) is 80.5 Å². The van der Waals surface area contributed by atoms with Crippen LogP contribution >= 0.6 is 0 Å². The lowest BCUT2D eigenvalue weighted by Crippen LogP contribution is -2.52. The number of fused-ring (bicyclic) bond motifs is 1. The van der Waals surface area contributed by atoms with Crippen molar-refractivity contribution in [2.45, 2.75) is 32.4 Å². The van der Waals surface area contributed by atoms with Crippen molar-refractivity contribution in [2.75, 3.05) is 13.1 Å². The maximum Gasteiger partial charge on any atom is 0.410 e. The van der Waals surface area contributed by atoms with Crippen LogP contribution in [0.2, 0.25) is 0 Å². The lowest BCUT2D eigenvalue weighted by atomic mass is 10.1. The van der Waals surface area contributed by atoms with Gasteiger partial charge in [-0.3, -0.25) is 0 Å². The molecule has 1 amide bonds. The fraction of sp³-hybridized carbons (Fsp3) is 0.500. The van der Waals surface area contributed by atoms with Crippen LogP contribution in [0.15, 0.2) is 18.2 Å². The molecule has 3 rings (SSSR count). The maximum atomic E-state index is 11.9. The molecule has 1 N–H and O–H groups in total. The molecule has 1 saturated heterocycles. The van der Waals surface area contributed by atoms with Crippen molar-refractivity contribution in [1.82, 2.24) is 19.9 Å². The Kier molecular flexibility index (Phi) is 3.00. The van der Waals surface area contributed by atoms with Crippen LogP contribution in [-0.2, 0) is 4.74 Å². The van der Waals surface area contributed by atoms with E-state index in [0.29, 0.717) is 13.1 Å². The minimum Gasteiger partial charge on any atom is -0.508 e. The van der Waals surface area contributed by atoms with Crippen LogP contribution in [0.3, 0.4) is 0 Å². The summed E-state index contributed by atoms with van der Waals surface area (Å²) in [5.41, 5.74) is 1.00. The smallest absolute Gasteiger partial charge is 0.410 e. The lowest BCUT2D eigenvalue weighted by Gasteiger charge is -2.39. The summed E-state index contributed by atoms with van der Waals surface area (Å²) in [6, 6.07) is 4.99. The first-order chi connectivity index (χ1) is 9.83. The van der Waals surface area contributed by atoms with E-state index in [1.807, 2.05) is 20.8 Å². The van der Waals surface area contributed by atoms with Gasteiger partial charge in [-0.25, -0.2) is 9.48 Å². The Labute approximate surface area is 122 Å². The molecule has 1 aromatic heterocycles. The van der Waals surface area contributed by atoms with Gasteiger partial charge in [0.25, 0.3) is 0 Å². The molecule has 7 heteroatoms. The number of carbonyl (C=O) groups excluding carboxylic acids is 1. The van der Waals surface area contributed by atoms with E-state index in [2.05, 4.69) is 10.3 Å². The second kappa shape index (κ2) is 4.61. The molecular formula is C14H18N4O3. The first kappa shape index (κ1) is 13.7. The molecule has 1 aliphatic rings. The largest absolute Gasteiger partial charge is 0.508 e. The zero-order valence-electron chi connectivity index (χ0n) is 12.3. The summed E-state index contributed by atoms with van der Waals surface area (Å²) in [6.07, 6.45) is -0.314. The average Bonchev–Trinajstić information content (AvgIpc) is 2.68. The number of rotatable bonds is 1. The summed E-state index contributed by atoms with van der Waals surface area (Å²) in [5.74, 6) is 0.175. The van der Waals surface area contributed by atoms with Crippen LogP contribution < -0.4 is 0 Å². The SMILES string of the molecule is CC(C)(C)OC(=O)N1CC(n2nnc3ccc(O)cc32)C1. The van der Waals surface area contributed by atoms with Crippen LogP contribution in [0.25, 0.3) is 11.0 Å². The molecule has 0 unspecified atom stereocenters. The number of hydrogen-bond donors (Lipinski definition) is 1. The zero-order valence-corrected chi connectivity index (χ0v) is 12.3. The molecule has 0 bridgehead atoms. The summed E-state index contributed by atoms with van der Waals surface area (Å²) < 4.78 is 7.06. The van der Waals surface area contributed by atoms with Crippen LogP contribution in [0, 0.1) is 0 Å². The normalized spacial score (nSPS) is 16.0. The average molecular weight is 290 g/mol. The molecule has 1 aromatic carbocycles. The number of hydrogen-bond acceptors (Lipinski definition) is 5. The number of ether oxygens (including phenoxy) is 1. The van der Waals surface area contributed by atoms with E-state index in [1.165, 1.54) is 0 Å². The third-order valence-electron chi connectivity index (χ3n) is 3.31. The molecular weight excluding hydrogens is 272 g/mol. The number of amides is 1. The highest BCUT2D eigenvalue weighted by atomic mass is 16.6. The molecule has 21 heavy (non-hydrogen) atoms. The fourth-order valence-electron chi connectivity index (χ4n) is 2.28. The molecule has 0 atom stereocenters. The van der Waals surface area contributed by atoms with Gasteiger partial charge in [-0.2, -0.15) is 0 Å². The van der Waals surface area contributed by atoms with Gasteiger partial charge in [0.2, 0.25) is 0 Å². The molecule has 0 radical (unpaired) electrons. The summed E-state index contributed by atoms with van der Waals surface area (Å²) >= 11 is 0. The Bertz CT molecular complexity index is 683. The molecule has 2 heterocycles. The highest BCUT2D eigenvalue weighted by Crippen LogP contribution is 2.27. The minimum absolute atomic E-state index is 0.0596. The Hall–Kier alpha value is -2.31. The van der Waals surface area contributed by atoms with Crippen LogP contribution in [0.1, 0.15) is 26.8 Å². The monoisotopic (exact) mass is 290 g/mol. The summed E-state index contributed by atoms with van der Waals surface area (Å²) in [4.78, 5) is 13.5. The van der Waals surface area contributed by atoms with Crippen LogP contribution in [0.5, 0.6) is 5.75 Å². The lowest BCUT2D eigenvalue weighted by molar-refractivity contribution is -0.0000789. The number of benzene rings is 1. The number of likely N-dealkylation sites (tertiary alicyclic amines) is 1. The van der Waals surface area contributed by atoms with Crippen molar-refractivity contribution >= 4 is 17.1 Å². The van der Waals surface area contributed by atoms with E-state index in [1.54, 1.807) is 27.8 Å². The third-order valence-corrected chi connectivity index (χ3v) is 3.31. The summed E-state index contributed by atoms with van der Waals surface area (Å²) in [5, 5.41) is 17.7. The van der Waals surface area contributed by atoms with Crippen molar-refractivity contribution in [2.24, 2.45) is 0 Å². The molecule has 2 aromatic rings. The molecule has 0 aliphatic carbocycles. The molecule has 1 aliphatic heterocycles. The van der Waals surface area contributed by atoms with Crippen LogP contribution in [0.4, 0.5) is 4.79 Å². The number of aromatic hydroxyl groups is 1. The Morgan fingerprint density at radius 2 is 2.10 bits per heavy atom. The van der Waals surface area contributed by atoms with Gasteiger partial charge >= 0.3 is 6.09 Å². The molecule has 112 valence electrons. The first-order valence-electron chi connectivity index (χ1n) is 6.85. The van der Waals surface area contributed by atoms with Crippen molar-refractivity contribution in [1.29, 1.82) is 0 Å². The Balaban J connectivity index is 1.70. The van der Waals surface area contributed by atoms with Crippen molar-refractivity contribution in [3.05, 3.63) is 18.2 Å². The number of phenolic OH excluding ortho intramolecular Hbond substituents is 1. The Morgan fingerprint density at radius 1 is 1.38 bits per heavy atom. The molecule has 1 fully saturated rings. The van der Waals surface area contributed by atoms with Crippen molar-refractivity contribution in [3.63, 3.8) is 0 Å². The van der Waals surface area contributed by atoms with Gasteiger partial charge in [0, 0.05) is 19.2 Å². The number of carbonyl (C=O) groups is 1. The zero-order chi connectivity index (χ0) is 15.2. The van der Waals surface area contributed by atoms with Gasteiger partial charge < -0.3 is 14.7 Å². The van der Waals surface area contributed by atoms with Gasteiger partial charge in [-0.1, -0.05) is 5.21 Å². The van der Waals surface area contributed by atoms with E-state index < -0.39 is 5.60 Å². The standard InChI is InChI=1S/C14H18N4O3/c1-14(2,3)21-13(20)17-7-9(8-17)18-12-6-10(19)4-5-11(12)15-16-18/h4-6,9,19H,7-8H2,1-3H3. The first-order valence-corrected chi connectivity index (χ1v) is 6.85. The highest BCUT2D eigenvalue weighted by Gasteiger charge is 2.36. The van der Waals surface area contributed by atoms with Gasteiger partial charge in [-0.05, 0) is 32.9 Å². The van der Waals surface area contributed by atoms with E-state index in [4.69, 9.17) is 4.74 Å². The van der Waals surface area contributed by atoms with Gasteiger partial charge in [0.1, 0.15) is 16.9 Å². The highest BCUT2D eigenvalue weighted by molar-refractivity contribution is 5.76. The van der Waals surface area contributed by atoms with E-state index in [-0.39, 0.29) is 17.9 Å². The number of aromatic nitrogens is 3. The van der Waals surface area contributed by atoms with E-state index in [9.17, 15) is 9.90 Å². The van der Waals surface area contributed by atoms with E-state index >= 15 is 0 Å². The molecule has 0 saturated carbocycles. The predicted molar refractivity (Wildman–Crippen MR) is 76.0 cm³/mol. The van der Waals surface area contributed by atoms with Crippen molar-refractivity contribution in [3.8, 4) is 5.75 Å². The third kappa shape index (κ3) is 2.63. The van der Waals surface area contributed by atoms with Gasteiger partial charge in [0.15, 0.2) is 0 Å². The van der Waals surface area contributed by atoms with Crippen LogP contribution in [-0.4, -0.2) is 49.8 Å². The molecule has 7 nitrogen and oxygen atoms in total. The fourth-order valence-corrected chi connectivity index (χ4v) is 2.28. The Morgan fingerprint density at radius 3 is 2.76 bits per heavy atom. The quantitative estimate of drug-likeness (QED) is 0.868. The maximum absolute atomic E-state index is 11.9. The minimum atomic E-state index is -0.492. The van der Waals surface area contributed by atoms with Gasteiger partial charge in [-0.15, -0.1) is 5.10 Å². The van der Waals surface area contributed by atoms with Crippen molar-refractivity contribution < 1.29 is 14.6 Å². The second-order valence-corrected chi connectivity index (χ2v) is 6.25. The summed E-state index contributed by atoms with van der Waals surface area (Å²) in [7, 11) is 0. The molecule has 0 spiro atoms. The number of nitrogens with zero attached hydrogens (tertiary/aromatic N) is 4. The van der Waals surface area contributed by atoms with Gasteiger partial charge in [0.05, 0.1) is 11.6 Å². The predicted octanol–water partition coefficient (Wildman–Crippen LogP) is 1.93. The second-order valence-electron chi connectivity index (χ2n) is 6.25. The number of phenols is 1. The summed E-state index contributed by atoms with van der Waals surface area (Å²) in [6.45, 7) is 6.59. The van der Waals surface area contributed by atoms with E-state index in [0.717, 1.165) is 11.0 Å².